The van der Waals surface area contributed by atoms with Crippen molar-refractivity contribution in [3.05, 3.63) is 53.2 Å². The van der Waals surface area contributed by atoms with Crippen LogP contribution < -0.4 is 10.1 Å². The molecule has 4 nitrogen and oxygen atoms in total. The van der Waals surface area contributed by atoms with Crippen LogP contribution in [0, 0.1) is 5.92 Å². The first-order chi connectivity index (χ1) is 11.7. The highest BCUT2D eigenvalue weighted by molar-refractivity contribution is 8.00. The molecule has 1 heterocycles. The van der Waals surface area contributed by atoms with Crippen LogP contribution >= 0.6 is 23.4 Å². The Labute approximate surface area is 151 Å². The van der Waals surface area contributed by atoms with Crippen molar-refractivity contribution < 1.29 is 9.53 Å². The van der Waals surface area contributed by atoms with Gasteiger partial charge in [-0.05, 0) is 48.6 Å². The number of amides is 1. The smallest absolute Gasteiger partial charge is 0.230 e. The molecule has 1 aromatic heterocycles. The van der Waals surface area contributed by atoms with Crippen LogP contribution in [-0.4, -0.2) is 23.8 Å². The second-order valence-corrected chi connectivity index (χ2v) is 7.11. The fourth-order valence-corrected chi connectivity index (χ4v) is 3.52. The lowest BCUT2D eigenvalue weighted by atomic mass is 10.0. The minimum atomic E-state index is -0.00515. The van der Waals surface area contributed by atoms with Crippen LogP contribution in [-0.2, 0) is 4.79 Å². The Hall–Kier alpha value is -1.72. The summed E-state index contributed by atoms with van der Waals surface area (Å²) in [5.74, 6) is 1.64. The largest absolute Gasteiger partial charge is 0.497 e. The van der Waals surface area contributed by atoms with Gasteiger partial charge in [-0.2, -0.15) is 0 Å². The van der Waals surface area contributed by atoms with Crippen molar-refractivity contribution in [2.24, 2.45) is 5.92 Å². The van der Waals surface area contributed by atoms with Crippen molar-refractivity contribution in [3.63, 3.8) is 0 Å². The summed E-state index contributed by atoms with van der Waals surface area (Å²) >= 11 is 7.43. The number of rotatable bonds is 7. The summed E-state index contributed by atoms with van der Waals surface area (Å²) < 4.78 is 5.19. The lowest BCUT2D eigenvalue weighted by Crippen LogP contribution is -2.31. The summed E-state index contributed by atoms with van der Waals surface area (Å²) in [5.41, 5.74) is 1.12. The molecule has 2 aromatic rings. The molecule has 0 spiro atoms. The van der Waals surface area contributed by atoms with Gasteiger partial charge in [0.1, 0.15) is 10.8 Å². The Kier molecular flexibility index (Phi) is 5.63. The van der Waals surface area contributed by atoms with E-state index < -0.39 is 0 Å². The van der Waals surface area contributed by atoms with Crippen LogP contribution in [0.5, 0.6) is 5.75 Å². The third-order valence-corrected chi connectivity index (χ3v) is 5.37. The van der Waals surface area contributed by atoms with Gasteiger partial charge in [0, 0.05) is 6.20 Å². The summed E-state index contributed by atoms with van der Waals surface area (Å²) in [5, 5.41) is 4.41. The molecule has 0 aliphatic heterocycles. The van der Waals surface area contributed by atoms with Crippen molar-refractivity contribution in [3.8, 4) is 5.75 Å². The Morgan fingerprint density at radius 2 is 2.12 bits per heavy atom. The minimum absolute atomic E-state index is 0.00515. The van der Waals surface area contributed by atoms with Crippen molar-refractivity contribution in [1.82, 2.24) is 10.3 Å². The average molecular weight is 363 g/mol. The number of ether oxygens (including phenoxy) is 1. The number of nitrogens with zero attached hydrogens (tertiary/aromatic N) is 1. The number of thioether (sulfide) groups is 1. The minimum Gasteiger partial charge on any atom is -0.497 e. The highest BCUT2D eigenvalue weighted by Crippen LogP contribution is 2.41. The fraction of sp³-hybridized carbons (Fsp3) is 0.333. The highest BCUT2D eigenvalue weighted by atomic mass is 35.5. The quantitative estimate of drug-likeness (QED) is 0.753. The van der Waals surface area contributed by atoms with Gasteiger partial charge in [-0.15, -0.1) is 0 Å². The molecule has 126 valence electrons. The molecule has 1 aromatic carbocycles. The Balaban J connectivity index is 1.61. The van der Waals surface area contributed by atoms with Gasteiger partial charge in [-0.25, -0.2) is 4.98 Å². The molecule has 24 heavy (non-hydrogen) atoms. The third-order valence-electron chi connectivity index (χ3n) is 3.95. The van der Waals surface area contributed by atoms with Gasteiger partial charge in [0.15, 0.2) is 0 Å². The van der Waals surface area contributed by atoms with E-state index in [4.69, 9.17) is 16.3 Å². The van der Waals surface area contributed by atoms with Crippen LogP contribution in [0.2, 0.25) is 5.02 Å². The molecule has 0 saturated heterocycles. The number of carbonyl (C=O) groups is 1. The summed E-state index contributed by atoms with van der Waals surface area (Å²) in [6.45, 7) is 0. The topological polar surface area (TPSA) is 51.2 Å². The Morgan fingerprint density at radius 3 is 2.75 bits per heavy atom. The lowest BCUT2D eigenvalue weighted by molar-refractivity contribution is -0.119. The Bertz CT molecular complexity index is 704. The molecule has 6 heteroatoms. The third kappa shape index (κ3) is 4.42. The van der Waals surface area contributed by atoms with E-state index in [-0.39, 0.29) is 11.9 Å². The predicted molar refractivity (Wildman–Crippen MR) is 96.6 cm³/mol. The van der Waals surface area contributed by atoms with Crippen LogP contribution in [0.4, 0.5) is 0 Å². The van der Waals surface area contributed by atoms with E-state index in [2.05, 4.69) is 10.3 Å². The normalized spacial score (nSPS) is 14.9. The maximum Gasteiger partial charge on any atom is 0.230 e. The van der Waals surface area contributed by atoms with Crippen molar-refractivity contribution in [2.75, 3.05) is 12.9 Å². The maximum absolute atomic E-state index is 12.3. The molecule has 0 bridgehead atoms. The molecule has 1 aliphatic carbocycles. The van der Waals surface area contributed by atoms with Gasteiger partial charge in [0.05, 0.1) is 23.9 Å². The first kappa shape index (κ1) is 17.1. The molecule has 1 saturated carbocycles. The number of benzene rings is 1. The van der Waals surface area contributed by atoms with Gasteiger partial charge in [0.2, 0.25) is 5.91 Å². The van der Waals surface area contributed by atoms with Crippen LogP contribution in [0.1, 0.15) is 24.4 Å². The number of aromatic nitrogens is 1. The van der Waals surface area contributed by atoms with Crippen LogP contribution in [0.15, 0.2) is 47.6 Å². The molecule has 3 rings (SSSR count). The van der Waals surface area contributed by atoms with Gasteiger partial charge < -0.3 is 10.1 Å². The van der Waals surface area contributed by atoms with E-state index in [9.17, 15) is 4.79 Å². The van der Waals surface area contributed by atoms with Gasteiger partial charge in [-0.1, -0.05) is 35.5 Å². The van der Waals surface area contributed by atoms with Crippen molar-refractivity contribution >= 4 is 29.3 Å². The maximum atomic E-state index is 12.3. The number of methoxy groups -OCH3 is 1. The van der Waals surface area contributed by atoms with Gasteiger partial charge in [0.25, 0.3) is 0 Å². The Morgan fingerprint density at radius 1 is 1.38 bits per heavy atom. The van der Waals surface area contributed by atoms with E-state index in [1.54, 1.807) is 25.4 Å². The number of halogens is 1. The van der Waals surface area contributed by atoms with E-state index in [1.807, 2.05) is 24.3 Å². The monoisotopic (exact) mass is 362 g/mol. The van der Waals surface area contributed by atoms with E-state index in [0.717, 1.165) is 24.2 Å². The lowest BCUT2D eigenvalue weighted by Gasteiger charge is -2.19. The fourth-order valence-electron chi connectivity index (χ4n) is 2.54. The number of nitrogens with one attached hydrogen (secondary N) is 1. The molecule has 1 aliphatic rings. The van der Waals surface area contributed by atoms with Crippen molar-refractivity contribution in [1.29, 1.82) is 0 Å². The van der Waals surface area contributed by atoms with Crippen LogP contribution in [0.25, 0.3) is 0 Å². The number of carbonyl (C=O) groups excluding carboxylic acids is 1. The summed E-state index contributed by atoms with van der Waals surface area (Å²) in [6.07, 6.45) is 3.98. The molecule has 1 unspecified atom stereocenters. The summed E-state index contributed by atoms with van der Waals surface area (Å²) in [6, 6.07) is 11.5. The van der Waals surface area contributed by atoms with E-state index >= 15 is 0 Å². The zero-order valence-electron chi connectivity index (χ0n) is 13.4. The highest BCUT2D eigenvalue weighted by Gasteiger charge is 2.33. The molecular formula is C18H19ClN2O2S. The predicted octanol–water partition coefficient (Wildman–Crippen LogP) is 4.10. The standard InChI is InChI=1S/C18H19ClN2O2S/c1-23-14-8-6-13(7-9-14)17(12-4-5-12)21-16(22)11-24-18-15(19)3-2-10-20-18/h2-3,6-10,12,17H,4-5,11H2,1H3,(H,21,22). The van der Waals surface area contributed by atoms with Crippen LogP contribution in [0.3, 0.4) is 0 Å². The number of pyridine rings is 1. The summed E-state index contributed by atoms with van der Waals surface area (Å²) in [4.78, 5) is 16.5. The second-order valence-electron chi connectivity index (χ2n) is 5.73. The van der Waals surface area contributed by atoms with E-state index in [0.29, 0.717) is 21.7 Å². The average Bonchev–Trinajstić information content (AvgIpc) is 3.44. The van der Waals surface area contributed by atoms with Gasteiger partial charge in [-0.3, -0.25) is 4.79 Å². The summed E-state index contributed by atoms with van der Waals surface area (Å²) in [7, 11) is 1.65. The second kappa shape index (κ2) is 7.90. The molecule has 1 fully saturated rings. The molecule has 0 radical (unpaired) electrons. The number of hydrogen-bond acceptors (Lipinski definition) is 4. The zero-order chi connectivity index (χ0) is 16.9. The first-order valence-corrected chi connectivity index (χ1v) is 9.20. The molecule has 1 N–H and O–H groups in total. The number of hydrogen-bond donors (Lipinski definition) is 1. The molecular weight excluding hydrogens is 344 g/mol. The molecule has 1 amide bonds. The zero-order valence-corrected chi connectivity index (χ0v) is 14.9. The molecule has 1 atom stereocenters. The van der Waals surface area contributed by atoms with Gasteiger partial charge >= 0.3 is 0 Å². The van der Waals surface area contributed by atoms with E-state index in [1.165, 1.54) is 11.8 Å². The first-order valence-electron chi connectivity index (χ1n) is 7.84. The van der Waals surface area contributed by atoms with Crippen molar-refractivity contribution in [2.45, 2.75) is 23.9 Å². The SMILES string of the molecule is COc1ccc(C(NC(=O)CSc2ncccc2Cl)C2CC2)cc1.